The molecule has 2 aromatic rings. The van der Waals surface area contributed by atoms with E-state index >= 15 is 0 Å². The van der Waals surface area contributed by atoms with Crippen molar-refractivity contribution in [2.75, 3.05) is 19.0 Å². The highest BCUT2D eigenvalue weighted by atomic mass is 19.1. The fraction of sp³-hybridized carbons (Fsp3) is 0.333. The van der Waals surface area contributed by atoms with Gasteiger partial charge in [0.1, 0.15) is 5.82 Å². The Balaban J connectivity index is 2.19. The Hall–Kier alpha value is -1.87. The first-order valence-electron chi connectivity index (χ1n) is 7.27. The summed E-state index contributed by atoms with van der Waals surface area (Å²) in [6.07, 6.45) is 0. The lowest BCUT2D eigenvalue weighted by molar-refractivity contribution is 0.553. The zero-order valence-electron chi connectivity index (χ0n) is 13.2. The van der Waals surface area contributed by atoms with E-state index in [1.807, 2.05) is 55.4 Å². The number of nitrogens with zero attached hydrogens (tertiary/aromatic N) is 1. The van der Waals surface area contributed by atoms with Gasteiger partial charge in [0.15, 0.2) is 0 Å². The average Bonchev–Trinajstić information content (AvgIpc) is 2.46. The summed E-state index contributed by atoms with van der Waals surface area (Å²) in [7, 11) is 4.01. The van der Waals surface area contributed by atoms with Gasteiger partial charge < -0.3 is 10.2 Å². The molecule has 0 spiro atoms. The lowest BCUT2D eigenvalue weighted by Crippen LogP contribution is -2.22. The molecule has 2 aromatic carbocycles. The maximum absolute atomic E-state index is 14.1. The first kappa shape index (κ1) is 15.5. The second-order valence-corrected chi connectivity index (χ2v) is 5.78. The maximum atomic E-state index is 14.1. The number of rotatable bonds is 5. The van der Waals surface area contributed by atoms with Gasteiger partial charge in [-0.15, -0.1) is 0 Å². The molecular weight excluding hydrogens is 263 g/mol. The van der Waals surface area contributed by atoms with Crippen molar-refractivity contribution in [2.45, 2.75) is 26.4 Å². The molecule has 0 aliphatic rings. The third kappa shape index (κ3) is 4.05. The number of anilines is 1. The Morgan fingerprint density at radius 2 is 1.62 bits per heavy atom. The molecule has 0 radical (unpaired) electrons. The van der Waals surface area contributed by atoms with Crippen LogP contribution in [0.4, 0.5) is 10.1 Å². The Morgan fingerprint density at radius 1 is 1.00 bits per heavy atom. The van der Waals surface area contributed by atoms with Crippen LogP contribution in [0, 0.1) is 5.82 Å². The third-order valence-electron chi connectivity index (χ3n) is 3.47. The Morgan fingerprint density at radius 3 is 2.14 bits per heavy atom. The molecule has 0 unspecified atom stereocenters. The molecule has 0 aliphatic carbocycles. The van der Waals surface area contributed by atoms with Gasteiger partial charge in [-0.05, 0) is 29.3 Å². The second-order valence-electron chi connectivity index (χ2n) is 5.78. The Kier molecular flexibility index (Phi) is 4.97. The zero-order chi connectivity index (χ0) is 15.4. The Bertz CT molecular complexity index is 589. The molecule has 0 heterocycles. The monoisotopic (exact) mass is 286 g/mol. The first-order chi connectivity index (χ1) is 9.97. The van der Waals surface area contributed by atoms with Gasteiger partial charge in [-0.25, -0.2) is 4.39 Å². The van der Waals surface area contributed by atoms with Crippen LogP contribution in [0.5, 0.6) is 0 Å². The van der Waals surface area contributed by atoms with Gasteiger partial charge in [-0.3, -0.25) is 0 Å². The molecule has 112 valence electrons. The molecular formula is C18H23FN2. The molecule has 0 fully saturated rings. The lowest BCUT2D eigenvalue weighted by Gasteiger charge is -2.13. The van der Waals surface area contributed by atoms with E-state index in [0.717, 1.165) is 16.8 Å². The van der Waals surface area contributed by atoms with Gasteiger partial charge >= 0.3 is 0 Å². The molecule has 0 amide bonds. The van der Waals surface area contributed by atoms with Crippen LogP contribution in [0.1, 0.15) is 19.4 Å². The molecule has 0 atom stereocenters. The van der Waals surface area contributed by atoms with Crippen molar-refractivity contribution in [1.29, 1.82) is 0 Å². The van der Waals surface area contributed by atoms with Crippen molar-refractivity contribution in [3.8, 4) is 11.1 Å². The van der Waals surface area contributed by atoms with Gasteiger partial charge in [0.25, 0.3) is 0 Å². The van der Waals surface area contributed by atoms with Crippen LogP contribution in [0.2, 0.25) is 0 Å². The first-order valence-corrected chi connectivity index (χ1v) is 7.27. The van der Waals surface area contributed by atoms with Crippen LogP contribution < -0.4 is 10.2 Å². The van der Waals surface area contributed by atoms with E-state index in [0.29, 0.717) is 18.2 Å². The van der Waals surface area contributed by atoms with Gasteiger partial charge in [0, 0.05) is 37.9 Å². The summed E-state index contributed by atoms with van der Waals surface area (Å²) < 4.78 is 14.1. The van der Waals surface area contributed by atoms with E-state index in [-0.39, 0.29) is 5.82 Å². The number of benzene rings is 2. The van der Waals surface area contributed by atoms with Crippen LogP contribution in [-0.4, -0.2) is 20.1 Å². The SMILES string of the molecule is CC(C)NCc1ccc(-c2ccc(N(C)C)cc2)cc1F. The van der Waals surface area contributed by atoms with Crippen molar-refractivity contribution >= 4 is 5.69 Å². The fourth-order valence-corrected chi connectivity index (χ4v) is 2.14. The Labute approximate surface area is 126 Å². The van der Waals surface area contributed by atoms with Gasteiger partial charge in [0.05, 0.1) is 0 Å². The van der Waals surface area contributed by atoms with Crippen molar-refractivity contribution in [3.63, 3.8) is 0 Å². The van der Waals surface area contributed by atoms with Crippen LogP contribution >= 0.6 is 0 Å². The second kappa shape index (κ2) is 6.72. The molecule has 0 bridgehead atoms. The normalized spacial score (nSPS) is 11.0. The minimum Gasteiger partial charge on any atom is -0.378 e. The molecule has 0 saturated heterocycles. The van der Waals surface area contributed by atoms with Crippen molar-refractivity contribution < 1.29 is 4.39 Å². The summed E-state index contributed by atoms with van der Waals surface area (Å²) >= 11 is 0. The van der Waals surface area contributed by atoms with Crippen LogP contribution in [0.25, 0.3) is 11.1 Å². The molecule has 0 aromatic heterocycles. The summed E-state index contributed by atoms with van der Waals surface area (Å²) in [5.41, 5.74) is 3.78. The van der Waals surface area contributed by atoms with E-state index in [1.54, 1.807) is 6.07 Å². The number of nitrogens with one attached hydrogen (secondary N) is 1. The highest BCUT2D eigenvalue weighted by Gasteiger charge is 2.06. The average molecular weight is 286 g/mol. The molecule has 3 heteroatoms. The van der Waals surface area contributed by atoms with Gasteiger partial charge in [0.2, 0.25) is 0 Å². The maximum Gasteiger partial charge on any atom is 0.128 e. The summed E-state index contributed by atoms with van der Waals surface area (Å²) in [6.45, 7) is 4.67. The summed E-state index contributed by atoms with van der Waals surface area (Å²) in [5.74, 6) is -0.155. The van der Waals surface area contributed by atoms with Crippen LogP contribution in [0.15, 0.2) is 42.5 Å². The summed E-state index contributed by atoms with van der Waals surface area (Å²) in [5, 5.41) is 3.24. The van der Waals surface area contributed by atoms with E-state index < -0.39 is 0 Å². The van der Waals surface area contributed by atoms with Crippen LogP contribution in [-0.2, 0) is 6.54 Å². The number of hydrogen-bond acceptors (Lipinski definition) is 2. The smallest absolute Gasteiger partial charge is 0.128 e. The lowest BCUT2D eigenvalue weighted by atomic mass is 10.0. The zero-order valence-corrected chi connectivity index (χ0v) is 13.2. The molecule has 0 saturated carbocycles. The minimum atomic E-state index is -0.155. The fourth-order valence-electron chi connectivity index (χ4n) is 2.14. The molecule has 1 N–H and O–H groups in total. The van der Waals surface area contributed by atoms with E-state index in [9.17, 15) is 4.39 Å². The largest absolute Gasteiger partial charge is 0.378 e. The molecule has 2 rings (SSSR count). The van der Waals surface area contributed by atoms with Crippen LogP contribution in [0.3, 0.4) is 0 Å². The van der Waals surface area contributed by atoms with Crippen molar-refractivity contribution in [3.05, 3.63) is 53.8 Å². The predicted molar refractivity (Wildman–Crippen MR) is 88.1 cm³/mol. The highest BCUT2D eigenvalue weighted by molar-refractivity contribution is 5.66. The van der Waals surface area contributed by atoms with E-state index in [4.69, 9.17) is 0 Å². The van der Waals surface area contributed by atoms with E-state index in [1.165, 1.54) is 0 Å². The van der Waals surface area contributed by atoms with Crippen molar-refractivity contribution in [2.24, 2.45) is 0 Å². The van der Waals surface area contributed by atoms with Crippen molar-refractivity contribution in [1.82, 2.24) is 5.32 Å². The quantitative estimate of drug-likeness (QED) is 0.892. The molecule has 2 nitrogen and oxygen atoms in total. The number of hydrogen-bond donors (Lipinski definition) is 1. The predicted octanol–water partition coefficient (Wildman–Crippen LogP) is 4.06. The molecule has 21 heavy (non-hydrogen) atoms. The molecule has 0 aliphatic heterocycles. The summed E-state index contributed by atoms with van der Waals surface area (Å²) in [6, 6.07) is 13.9. The van der Waals surface area contributed by atoms with E-state index in [2.05, 4.69) is 19.2 Å². The standard InChI is InChI=1S/C18H23FN2/c1-13(2)20-12-16-6-5-15(11-18(16)19)14-7-9-17(10-8-14)21(3)4/h5-11,13,20H,12H2,1-4H3. The topological polar surface area (TPSA) is 15.3 Å². The van der Waals surface area contributed by atoms with Gasteiger partial charge in [-0.1, -0.05) is 38.1 Å². The van der Waals surface area contributed by atoms with Gasteiger partial charge in [-0.2, -0.15) is 0 Å². The third-order valence-corrected chi connectivity index (χ3v) is 3.47. The summed E-state index contributed by atoms with van der Waals surface area (Å²) in [4.78, 5) is 2.05. The number of halogens is 1. The highest BCUT2D eigenvalue weighted by Crippen LogP contribution is 2.24. The minimum absolute atomic E-state index is 0.155.